The van der Waals surface area contributed by atoms with Crippen molar-refractivity contribution in [1.29, 1.82) is 0 Å². The summed E-state index contributed by atoms with van der Waals surface area (Å²) in [6.45, 7) is 2.29. The maximum absolute atomic E-state index is 2.29. The number of rotatable bonds is 7. The molecular formula is C23H22Se2. The monoisotopic (exact) mass is 458 g/mol. The Kier molecular flexibility index (Phi) is 7.15. The molecular weight excluding hydrogens is 434 g/mol. The summed E-state index contributed by atoms with van der Waals surface area (Å²) in [6, 6.07) is 32.9. The predicted octanol–water partition coefficient (Wildman–Crippen LogP) is 4.21. The third-order valence-electron chi connectivity index (χ3n) is 3.71. The molecule has 25 heavy (non-hydrogen) atoms. The van der Waals surface area contributed by atoms with Crippen LogP contribution in [0.1, 0.15) is 25.3 Å². The number of hydrogen-bond acceptors (Lipinski definition) is 0. The molecule has 0 heterocycles. The molecule has 0 aliphatic heterocycles. The van der Waals surface area contributed by atoms with Crippen molar-refractivity contribution in [3.05, 3.63) is 101 Å². The van der Waals surface area contributed by atoms with Gasteiger partial charge < -0.3 is 0 Å². The van der Waals surface area contributed by atoms with E-state index in [4.69, 9.17) is 0 Å². The topological polar surface area (TPSA) is 0 Å². The zero-order chi connectivity index (χ0) is 17.3. The van der Waals surface area contributed by atoms with E-state index >= 15 is 0 Å². The average molecular weight is 456 g/mol. The second-order valence-electron chi connectivity index (χ2n) is 5.70. The van der Waals surface area contributed by atoms with Crippen molar-refractivity contribution in [2.75, 3.05) is 0 Å². The molecule has 0 spiro atoms. The van der Waals surface area contributed by atoms with Crippen LogP contribution < -0.4 is 8.92 Å². The summed E-state index contributed by atoms with van der Waals surface area (Å²) in [4.78, 5) is 0. The quantitative estimate of drug-likeness (QED) is 0.468. The standard InChI is InChI=1S/C23H22Se2/c1-2-12-22(24-20-15-8-4-9-16-20)23(19-13-6-3-7-14-19)25-21-17-10-5-11-18-21/h3-11,13-18H,2,12H2,1H3/b23-22+. The van der Waals surface area contributed by atoms with Gasteiger partial charge >= 0.3 is 164 Å². The van der Waals surface area contributed by atoms with Crippen LogP contribution in [-0.4, -0.2) is 29.9 Å². The van der Waals surface area contributed by atoms with Crippen molar-refractivity contribution < 1.29 is 0 Å². The first-order chi connectivity index (χ1) is 12.4. The van der Waals surface area contributed by atoms with E-state index in [1.807, 2.05) is 0 Å². The van der Waals surface area contributed by atoms with E-state index in [0.717, 1.165) is 0 Å². The molecule has 2 heteroatoms. The third kappa shape index (κ3) is 5.46. The van der Waals surface area contributed by atoms with Crippen molar-refractivity contribution in [3.8, 4) is 0 Å². The van der Waals surface area contributed by atoms with Crippen LogP contribution in [0.5, 0.6) is 0 Å². The minimum atomic E-state index is 0.337. The van der Waals surface area contributed by atoms with E-state index in [9.17, 15) is 0 Å². The molecule has 0 N–H and O–H groups in total. The average Bonchev–Trinajstić information content (AvgIpc) is 2.68. The van der Waals surface area contributed by atoms with Crippen molar-refractivity contribution in [2.45, 2.75) is 19.8 Å². The molecule has 0 saturated heterocycles. The number of benzene rings is 3. The van der Waals surface area contributed by atoms with Gasteiger partial charge in [-0.2, -0.15) is 0 Å². The van der Waals surface area contributed by atoms with Crippen LogP contribution in [0.2, 0.25) is 0 Å². The van der Waals surface area contributed by atoms with Crippen molar-refractivity contribution in [1.82, 2.24) is 0 Å². The summed E-state index contributed by atoms with van der Waals surface area (Å²) >= 11 is 0.725. The number of allylic oxidation sites excluding steroid dienone is 1. The van der Waals surface area contributed by atoms with Crippen molar-refractivity contribution >= 4 is 43.3 Å². The summed E-state index contributed by atoms with van der Waals surface area (Å²) in [5.41, 5.74) is 1.40. The van der Waals surface area contributed by atoms with Gasteiger partial charge in [0.25, 0.3) is 0 Å². The summed E-state index contributed by atoms with van der Waals surface area (Å²) in [6.07, 6.45) is 2.39. The van der Waals surface area contributed by atoms with Crippen molar-refractivity contribution in [3.63, 3.8) is 0 Å². The molecule has 0 atom stereocenters. The zero-order valence-electron chi connectivity index (χ0n) is 14.4. The van der Waals surface area contributed by atoms with Gasteiger partial charge in [-0.05, 0) is 0 Å². The fourth-order valence-corrected chi connectivity index (χ4v) is 7.84. The van der Waals surface area contributed by atoms with E-state index in [1.165, 1.54) is 27.3 Å². The van der Waals surface area contributed by atoms with Crippen LogP contribution in [0.4, 0.5) is 0 Å². The summed E-state index contributed by atoms with van der Waals surface area (Å²) in [7, 11) is 0. The molecule has 3 rings (SSSR count). The molecule has 0 fully saturated rings. The van der Waals surface area contributed by atoms with Crippen LogP contribution in [0.25, 0.3) is 4.47 Å². The minimum absolute atomic E-state index is 0.337. The van der Waals surface area contributed by atoms with Crippen molar-refractivity contribution in [2.24, 2.45) is 0 Å². The fraction of sp³-hybridized carbons (Fsp3) is 0.130. The molecule has 3 aromatic rings. The molecule has 0 bridgehead atoms. The molecule has 126 valence electrons. The van der Waals surface area contributed by atoms with E-state index in [-0.39, 0.29) is 0 Å². The molecule has 0 saturated carbocycles. The van der Waals surface area contributed by atoms with Gasteiger partial charge in [0.1, 0.15) is 0 Å². The number of hydrogen-bond donors (Lipinski definition) is 0. The first-order valence-corrected chi connectivity index (χ1v) is 12.0. The van der Waals surface area contributed by atoms with Crippen LogP contribution in [-0.2, 0) is 0 Å². The second kappa shape index (κ2) is 9.80. The summed E-state index contributed by atoms with van der Waals surface area (Å²) < 4.78 is 6.14. The van der Waals surface area contributed by atoms with E-state index in [2.05, 4.69) is 97.9 Å². The first-order valence-electron chi connectivity index (χ1n) is 8.61. The summed E-state index contributed by atoms with van der Waals surface area (Å²) in [5.74, 6) is 0. The fourth-order valence-electron chi connectivity index (χ4n) is 2.54. The van der Waals surface area contributed by atoms with Gasteiger partial charge in [0, 0.05) is 0 Å². The van der Waals surface area contributed by atoms with E-state index < -0.39 is 0 Å². The van der Waals surface area contributed by atoms with Crippen LogP contribution >= 0.6 is 0 Å². The Balaban J connectivity index is 2.02. The maximum atomic E-state index is 2.29. The summed E-state index contributed by atoms with van der Waals surface area (Å²) in [5, 5.41) is 0. The van der Waals surface area contributed by atoms with E-state index in [0.29, 0.717) is 29.9 Å². The molecule has 0 nitrogen and oxygen atoms in total. The molecule has 0 aliphatic carbocycles. The molecule has 0 aromatic heterocycles. The van der Waals surface area contributed by atoms with Gasteiger partial charge in [-0.1, -0.05) is 0 Å². The molecule has 0 unspecified atom stereocenters. The Bertz CT molecular complexity index is 793. The van der Waals surface area contributed by atoms with Gasteiger partial charge in [-0.15, -0.1) is 0 Å². The van der Waals surface area contributed by atoms with Gasteiger partial charge in [0.05, 0.1) is 0 Å². The zero-order valence-corrected chi connectivity index (χ0v) is 17.8. The van der Waals surface area contributed by atoms with Crippen LogP contribution in [0, 0.1) is 0 Å². The Morgan fingerprint density at radius 1 is 0.640 bits per heavy atom. The van der Waals surface area contributed by atoms with Gasteiger partial charge in [0.2, 0.25) is 0 Å². The Morgan fingerprint density at radius 3 is 1.64 bits per heavy atom. The van der Waals surface area contributed by atoms with Gasteiger partial charge in [0.15, 0.2) is 0 Å². The second-order valence-corrected chi connectivity index (χ2v) is 10.4. The van der Waals surface area contributed by atoms with Gasteiger partial charge in [-0.3, -0.25) is 0 Å². The van der Waals surface area contributed by atoms with Gasteiger partial charge in [-0.25, -0.2) is 0 Å². The Morgan fingerprint density at radius 2 is 1.12 bits per heavy atom. The SMILES string of the molecule is CCC/C([Se]c1ccccc1)=C(\[Se]c1ccccc1)c1ccccc1. The predicted molar refractivity (Wildman–Crippen MR) is 112 cm³/mol. The van der Waals surface area contributed by atoms with E-state index in [1.54, 1.807) is 8.94 Å². The van der Waals surface area contributed by atoms with Crippen LogP contribution in [0.15, 0.2) is 95.5 Å². The molecule has 0 radical (unpaired) electrons. The molecule has 3 aromatic carbocycles. The Labute approximate surface area is 163 Å². The third-order valence-corrected chi connectivity index (χ3v) is 9.31. The molecule has 0 aliphatic rings. The first kappa shape index (κ1) is 18.2. The molecule has 0 amide bonds. The van der Waals surface area contributed by atoms with Crippen LogP contribution in [0.3, 0.4) is 0 Å². The Hall–Kier alpha value is -1.56. The normalized spacial score (nSPS) is 11.9.